The summed E-state index contributed by atoms with van der Waals surface area (Å²) in [6, 6.07) is 78.0. The van der Waals surface area contributed by atoms with Crippen LogP contribution < -0.4 is 5.32 Å². The zero-order valence-electron chi connectivity index (χ0n) is 46.5. The maximum Gasteiger partial charge on any atom is 0.335 e. The molecule has 0 unspecified atom stereocenters. The van der Waals surface area contributed by atoms with E-state index in [0.29, 0.717) is 17.7 Å². The molecule has 0 saturated carbocycles. The average Bonchev–Trinajstić information content (AvgIpc) is 3.68. The summed E-state index contributed by atoms with van der Waals surface area (Å²) in [6.45, 7) is 9.09. The lowest BCUT2D eigenvalue weighted by molar-refractivity contribution is 0.0696. The van der Waals surface area contributed by atoms with Crippen molar-refractivity contribution in [2.45, 2.75) is 46.0 Å². The Balaban J connectivity index is 1.07. The number of anilines is 1. The molecule has 2 aliphatic carbocycles. The molecule has 11 aromatic carbocycles. The lowest BCUT2D eigenvalue weighted by Gasteiger charge is -2.43. The third-order valence-corrected chi connectivity index (χ3v) is 17.2. The lowest BCUT2D eigenvalue weighted by Crippen LogP contribution is -2.31. The van der Waals surface area contributed by atoms with Crippen LogP contribution in [0.25, 0.3) is 81.7 Å². The predicted molar refractivity (Wildman–Crippen MR) is 345 cm³/mol. The second-order valence-corrected chi connectivity index (χ2v) is 22.5. The molecule has 0 heterocycles. The number of benzene rings is 11. The Morgan fingerprint density at radius 2 is 0.817 bits per heavy atom. The number of allylic oxidation sites excluding steroid dienone is 12. The van der Waals surface area contributed by atoms with E-state index in [-0.39, 0.29) is 11.5 Å². The van der Waals surface area contributed by atoms with Crippen LogP contribution >= 0.6 is 0 Å². The van der Waals surface area contributed by atoms with Crippen LogP contribution in [-0.4, -0.2) is 17.0 Å². The van der Waals surface area contributed by atoms with E-state index in [1.54, 1.807) is 12.1 Å². The number of carboxylic acid groups (broad SMARTS) is 1. The molecule has 2 N–H and O–H groups in total. The van der Waals surface area contributed by atoms with Crippen molar-refractivity contribution in [2.24, 2.45) is 5.41 Å². The highest BCUT2D eigenvalue weighted by atomic mass is 16.4. The highest BCUT2D eigenvalue weighted by molar-refractivity contribution is 6.15. The lowest BCUT2D eigenvalue weighted by atomic mass is 9.60. The Morgan fingerprint density at radius 3 is 1.28 bits per heavy atom. The molecule has 2 aliphatic rings. The minimum atomic E-state index is -1.02. The van der Waals surface area contributed by atoms with E-state index in [2.05, 4.69) is 258 Å². The Bertz CT molecular complexity index is 4420. The number of hydrogen-bond acceptors (Lipinski definition) is 2. The SMILES string of the molecule is CC(=CC1(C=C(C)c2cccc3ccccc23)C=CC2=C(C1)CC(C=C(C)c1cccc3ccccc13)(C=C(C)c1cccc3ccccc13)c1c2ccc2c(C(=O)Nc3ccc(C(=O)O)cc3)cccc12)c1cccc2ccccc12. The number of carbonyl (C=O) groups is 2. The van der Waals surface area contributed by atoms with Crippen molar-refractivity contribution in [1.29, 1.82) is 0 Å². The molecule has 4 heteroatoms. The second-order valence-electron chi connectivity index (χ2n) is 22.5. The molecule has 4 nitrogen and oxygen atoms in total. The van der Waals surface area contributed by atoms with Crippen LogP contribution in [0.2, 0.25) is 0 Å². The van der Waals surface area contributed by atoms with Gasteiger partial charge in [-0.3, -0.25) is 4.79 Å². The molecule has 0 spiro atoms. The topological polar surface area (TPSA) is 66.4 Å². The van der Waals surface area contributed by atoms with Gasteiger partial charge >= 0.3 is 5.97 Å². The number of carbonyl (C=O) groups excluding carboxylic acids is 1. The Labute approximate surface area is 479 Å². The molecule has 0 aromatic heterocycles. The third-order valence-electron chi connectivity index (χ3n) is 17.2. The van der Waals surface area contributed by atoms with Gasteiger partial charge in [0.1, 0.15) is 0 Å². The van der Waals surface area contributed by atoms with Gasteiger partial charge in [0.2, 0.25) is 0 Å². The molecule has 0 fully saturated rings. The van der Waals surface area contributed by atoms with Gasteiger partial charge in [-0.05, 0) is 186 Å². The van der Waals surface area contributed by atoms with E-state index in [9.17, 15) is 14.7 Å². The molecule has 11 aromatic rings. The molecule has 0 saturated heterocycles. The minimum absolute atomic E-state index is 0.152. The first-order valence-electron chi connectivity index (χ1n) is 28.3. The van der Waals surface area contributed by atoms with E-state index in [0.717, 1.165) is 39.5 Å². The predicted octanol–water partition coefficient (Wildman–Crippen LogP) is 20.2. The van der Waals surface area contributed by atoms with Gasteiger partial charge in [-0.1, -0.05) is 236 Å². The first-order chi connectivity index (χ1) is 39.9. The van der Waals surface area contributed by atoms with Crippen LogP contribution in [0.4, 0.5) is 5.69 Å². The fourth-order valence-electron chi connectivity index (χ4n) is 13.6. The van der Waals surface area contributed by atoms with Crippen molar-refractivity contribution in [3.63, 3.8) is 0 Å². The fraction of sp³-hybridized carbons (Fsp3) is 0.103. The van der Waals surface area contributed by atoms with Crippen LogP contribution in [0.15, 0.2) is 266 Å². The van der Waals surface area contributed by atoms with E-state index in [1.165, 1.54) is 99.8 Å². The number of aromatic carboxylic acids is 1. The number of hydrogen-bond donors (Lipinski definition) is 2. The maximum absolute atomic E-state index is 14.7. The van der Waals surface area contributed by atoms with E-state index >= 15 is 0 Å². The Morgan fingerprint density at radius 1 is 0.415 bits per heavy atom. The largest absolute Gasteiger partial charge is 0.478 e. The van der Waals surface area contributed by atoms with Gasteiger partial charge in [-0.25, -0.2) is 4.79 Å². The number of rotatable bonds is 11. The second kappa shape index (κ2) is 21.0. The summed E-state index contributed by atoms with van der Waals surface area (Å²) in [5.74, 6) is -1.30. The van der Waals surface area contributed by atoms with E-state index in [1.807, 2.05) is 12.1 Å². The first-order valence-corrected chi connectivity index (χ1v) is 28.3. The molecule has 0 bridgehead atoms. The van der Waals surface area contributed by atoms with Crippen molar-refractivity contribution in [2.75, 3.05) is 5.32 Å². The fourth-order valence-corrected chi connectivity index (χ4v) is 13.6. The number of nitrogens with one attached hydrogen (secondary N) is 1. The highest BCUT2D eigenvalue weighted by Crippen LogP contribution is 2.56. The van der Waals surface area contributed by atoms with Gasteiger partial charge in [0.15, 0.2) is 0 Å². The van der Waals surface area contributed by atoms with Crippen molar-refractivity contribution in [1.82, 2.24) is 0 Å². The van der Waals surface area contributed by atoms with Crippen LogP contribution in [0.1, 0.15) is 94.6 Å². The van der Waals surface area contributed by atoms with Gasteiger partial charge < -0.3 is 10.4 Å². The summed E-state index contributed by atoms with van der Waals surface area (Å²) < 4.78 is 0. The Kier molecular flexibility index (Phi) is 13.2. The molecular formula is C78H61NO3. The minimum Gasteiger partial charge on any atom is -0.478 e. The first kappa shape index (κ1) is 51.5. The summed E-state index contributed by atoms with van der Waals surface area (Å²) in [6.07, 6.45) is 16.4. The van der Waals surface area contributed by atoms with E-state index < -0.39 is 16.8 Å². The summed E-state index contributed by atoms with van der Waals surface area (Å²) >= 11 is 0. The summed E-state index contributed by atoms with van der Waals surface area (Å²) in [4.78, 5) is 26.5. The van der Waals surface area contributed by atoms with Gasteiger partial charge in [0.25, 0.3) is 5.91 Å². The van der Waals surface area contributed by atoms with Gasteiger partial charge in [-0.15, -0.1) is 0 Å². The zero-order valence-corrected chi connectivity index (χ0v) is 46.5. The normalized spacial score (nSPS) is 17.6. The third kappa shape index (κ3) is 9.36. The molecule has 0 radical (unpaired) electrons. The molecule has 0 aliphatic heterocycles. The van der Waals surface area contributed by atoms with E-state index in [4.69, 9.17) is 0 Å². The highest BCUT2D eigenvalue weighted by Gasteiger charge is 2.42. The summed E-state index contributed by atoms with van der Waals surface area (Å²) in [5, 5.41) is 24.2. The van der Waals surface area contributed by atoms with Crippen molar-refractivity contribution in [3.05, 3.63) is 311 Å². The van der Waals surface area contributed by atoms with Crippen LogP contribution in [0.3, 0.4) is 0 Å². The maximum atomic E-state index is 14.7. The molecule has 1 amide bonds. The molecular weight excluding hydrogens is 999 g/mol. The monoisotopic (exact) mass is 1060 g/mol. The van der Waals surface area contributed by atoms with Gasteiger partial charge in [0, 0.05) is 22.1 Å². The standard InChI is InChI=1S/C78H61NO3/c1-50(61-30-13-22-54-18-5-9-26-65(54)61)44-77(45-51(2)62-31-14-23-55-19-6-10-27-66(55)62)43-42-69-59(48-77)49-78(46-52(3)63-32-15-24-56-20-7-11-28-67(56)63,47-53(4)64-33-16-25-57-21-8-12-29-68(57)64)74-71-34-17-35-73(70(71)40-41-72(69)74)75(80)79-60-38-36-58(37-39-60)76(81)82/h5-47H,48-49H2,1-4H3,(H,79,80)(H,81,82). The Hall–Kier alpha value is -9.90. The van der Waals surface area contributed by atoms with Crippen LogP contribution in [0, 0.1) is 5.41 Å². The van der Waals surface area contributed by atoms with Crippen molar-refractivity contribution >= 4 is 99.3 Å². The number of carboxylic acids is 1. The smallest absolute Gasteiger partial charge is 0.335 e. The molecule has 396 valence electrons. The quantitative estimate of drug-likeness (QED) is 0.136. The number of fused-ring (bicyclic) bond motifs is 8. The summed E-state index contributed by atoms with van der Waals surface area (Å²) in [5.41, 5.74) is 14.2. The van der Waals surface area contributed by atoms with Gasteiger partial charge in [0.05, 0.1) is 5.56 Å². The van der Waals surface area contributed by atoms with Crippen molar-refractivity contribution < 1.29 is 14.7 Å². The zero-order chi connectivity index (χ0) is 56.1. The van der Waals surface area contributed by atoms with Gasteiger partial charge in [-0.2, -0.15) is 0 Å². The van der Waals surface area contributed by atoms with Crippen molar-refractivity contribution in [3.8, 4) is 0 Å². The molecule has 13 rings (SSSR count). The van der Waals surface area contributed by atoms with Crippen LogP contribution in [0.5, 0.6) is 0 Å². The molecule has 82 heavy (non-hydrogen) atoms. The average molecular weight is 1060 g/mol. The molecule has 0 atom stereocenters. The van der Waals surface area contributed by atoms with Crippen LogP contribution in [-0.2, 0) is 5.41 Å². The summed E-state index contributed by atoms with van der Waals surface area (Å²) in [7, 11) is 0. The number of amides is 1.